The van der Waals surface area contributed by atoms with Crippen LogP contribution in [-0.2, 0) is 6.42 Å². The third-order valence-electron chi connectivity index (χ3n) is 3.00. The van der Waals surface area contributed by atoms with Gasteiger partial charge in [-0.25, -0.2) is 4.98 Å². The second-order valence-electron chi connectivity index (χ2n) is 5.16. The molecule has 1 aliphatic carbocycles. The van der Waals surface area contributed by atoms with Crippen LogP contribution in [0, 0.1) is 0 Å². The maximum absolute atomic E-state index is 4.77. The molecule has 102 valence electrons. The van der Waals surface area contributed by atoms with Gasteiger partial charge >= 0.3 is 0 Å². The number of aryl methyl sites for hydroxylation is 1. The molecule has 0 saturated heterocycles. The maximum Gasteiger partial charge on any atom is 0.206 e. The van der Waals surface area contributed by atoms with Crippen LogP contribution in [0.4, 0.5) is 5.13 Å². The van der Waals surface area contributed by atoms with Crippen LogP contribution in [0.2, 0.25) is 0 Å². The fourth-order valence-corrected chi connectivity index (χ4v) is 3.99. The first-order chi connectivity index (χ1) is 9.17. The Morgan fingerprint density at radius 3 is 2.68 bits per heavy atom. The van der Waals surface area contributed by atoms with Gasteiger partial charge in [-0.15, -0.1) is 21.5 Å². The van der Waals surface area contributed by atoms with Crippen molar-refractivity contribution in [1.82, 2.24) is 15.2 Å². The monoisotopic (exact) mass is 294 g/mol. The summed E-state index contributed by atoms with van der Waals surface area (Å²) < 4.78 is 0. The summed E-state index contributed by atoms with van der Waals surface area (Å²) in [5, 5.41) is 15.0. The summed E-state index contributed by atoms with van der Waals surface area (Å²) in [4.78, 5) is 6.02. The van der Waals surface area contributed by atoms with Gasteiger partial charge in [0, 0.05) is 12.0 Å². The van der Waals surface area contributed by atoms with Crippen LogP contribution in [0.1, 0.15) is 50.2 Å². The first-order valence-electron chi connectivity index (χ1n) is 6.77. The van der Waals surface area contributed by atoms with Gasteiger partial charge in [-0.3, -0.25) is 0 Å². The Balaban J connectivity index is 1.92. The minimum absolute atomic E-state index is 0.386. The number of hydrogen-bond donors (Lipinski definition) is 1. The number of aromatic nitrogens is 3. The third-order valence-corrected chi connectivity index (χ3v) is 5.22. The molecule has 2 heterocycles. The van der Waals surface area contributed by atoms with E-state index in [9.17, 15) is 0 Å². The Morgan fingerprint density at radius 1 is 1.26 bits per heavy atom. The van der Waals surface area contributed by atoms with Gasteiger partial charge in [-0.05, 0) is 33.1 Å². The van der Waals surface area contributed by atoms with Crippen LogP contribution in [0.25, 0.3) is 9.88 Å². The lowest BCUT2D eigenvalue weighted by Gasteiger charge is -2.03. The lowest BCUT2D eigenvalue weighted by molar-refractivity contribution is 0.888. The van der Waals surface area contributed by atoms with Crippen LogP contribution < -0.4 is 5.32 Å². The van der Waals surface area contributed by atoms with Gasteiger partial charge in [0.2, 0.25) is 5.13 Å². The molecule has 1 fully saturated rings. The van der Waals surface area contributed by atoms with Crippen molar-refractivity contribution in [2.24, 2.45) is 0 Å². The molecule has 0 atom stereocenters. The van der Waals surface area contributed by atoms with E-state index in [0.717, 1.165) is 16.6 Å². The van der Waals surface area contributed by atoms with E-state index >= 15 is 0 Å². The zero-order chi connectivity index (χ0) is 13.4. The van der Waals surface area contributed by atoms with Crippen molar-refractivity contribution in [3.63, 3.8) is 0 Å². The zero-order valence-corrected chi connectivity index (χ0v) is 13.1. The molecule has 1 N–H and O–H groups in total. The number of anilines is 1. The summed E-state index contributed by atoms with van der Waals surface area (Å²) in [6.07, 6.45) is 3.55. The number of nitrogens with one attached hydrogen (secondary N) is 1. The molecule has 2 aromatic heterocycles. The van der Waals surface area contributed by atoms with E-state index in [0.29, 0.717) is 12.0 Å². The number of hydrogen-bond acceptors (Lipinski definition) is 6. The van der Waals surface area contributed by atoms with Crippen LogP contribution in [-0.4, -0.2) is 21.2 Å². The Kier molecular flexibility index (Phi) is 3.54. The zero-order valence-electron chi connectivity index (χ0n) is 11.4. The second kappa shape index (κ2) is 5.17. The van der Waals surface area contributed by atoms with Crippen molar-refractivity contribution < 1.29 is 0 Å². The number of thiazole rings is 1. The van der Waals surface area contributed by atoms with Crippen molar-refractivity contribution in [2.45, 2.75) is 52.0 Å². The van der Waals surface area contributed by atoms with Gasteiger partial charge in [0.05, 0.1) is 15.6 Å². The van der Waals surface area contributed by atoms with Gasteiger partial charge in [-0.2, -0.15) is 0 Å². The first-order valence-corrected chi connectivity index (χ1v) is 8.40. The molecule has 0 unspecified atom stereocenters. The summed E-state index contributed by atoms with van der Waals surface area (Å²) >= 11 is 3.42. The fourth-order valence-electron chi connectivity index (χ4n) is 1.94. The van der Waals surface area contributed by atoms with Crippen molar-refractivity contribution in [3.05, 3.63) is 10.7 Å². The fraction of sp³-hybridized carbons (Fsp3) is 0.615. The molecule has 6 heteroatoms. The smallest absolute Gasteiger partial charge is 0.206 e. The van der Waals surface area contributed by atoms with E-state index < -0.39 is 0 Å². The van der Waals surface area contributed by atoms with Crippen molar-refractivity contribution in [2.75, 3.05) is 5.32 Å². The number of rotatable bonds is 5. The lowest BCUT2D eigenvalue weighted by atomic mass is 10.2. The van der Waals surface area contributed by atoms with E-state index in [2.05, 4.69) is 36.3 Å². The summed E-state index contributed by atoms with van der Waals surface area (Å²) in [5.41, 5.74) is 1.26. The average molecular weight is 294 g/mol. The summed E-state index contributed by atoms with van der Waals surface area (Å²) in [7, 11) is 0. The molecule has 4 nitrogen and oxygen atoms in total. The normalized spacial score (nSPS) is 15.2. The molecule has 0 bridgehead atoms. The molecule has 0 spiro atoms. The Morgan fingerprint density at radius 2 is 2.05 bits per heavy atom. The highest BCUT2D eigenvalue weighted by molar-refractivity contribution is 7.23. The second-order valence-corrected chi connectivity index (χ2v) is 7.22. The summed E-state index contributed by atoms with van der Waals surface area (Å²) in [6, 6.07) is 0.386. The average Bonchev–Trinajstić information content (AvgIpc) is 2.97. The van der Waals surface area contributed by atoms with Gasteiger partial charge in [0.25, 0.3) is 0 Å². The van der Waals surface area contributed by atoms with E-state index in [1.807, 2.05) is 0 Å². The highest BCUT2D eigenvalue weighted by Crippen LogP contribution is 2.47. The third kappa shape index (κ3) is 2.79. The largest absolute Gasteiger partial charge is 0.358 e. The highest BCUT2D eigenvalue weighted by Gasteiger charge is 2.31. The Labute approximate surface area is 121 Å². The molecule has 2 aromatic rings. The molecule has 0 aliphatic heterocycles. The standard InChI is InChI=1S/C13H18N4S2/c1-4-9-15-10(8-5-6-8)11(18-9)12-16-17-13(19-12)14-7(2)3/h7-8H,4-6H2,1-3H3,(H,14,17). The Bertz CT molecular complexity index is 569. The highest BCUT2D eigenvalue weighted by atomic mass is 32.1. The van der Waals surface area contributed by atoms with Gasteiger partial charge in [-0.1, -0.05) is 18.3 Å². The van der Waals surface area contributed by atoms with Crippen LogP contribution in [0.3, 0.4) is 0 Å². The molecule has 19 heavy (non-hydrogen) atoms. The predicted molar refractivity (Wildman–Crippen MR) is 81.1 cm³/mol. The van der Waals surface area contributed by atoms with Gasteiger partial charge in [0.1, 0.15) is 0 Å². The van der Waals surface area contributed by atoms with Gasteiger partial charge < -0.3 is 5.32 Å². The first kappa shape index (κ1) is 13.0. The molecule has 3 rings (SSSR count). The minimum Gasteiger partial charge on any atom is -0.358 e. The Hall–Kier alpha value is -1.01. The quantitative estimate of drug-likeness (QED) is 0.908. The minimum atomic E-state index is 0.386. The lowest BCUT2D eigenvalue weighted by Crippen LogP contribution is -2.08. The van der Waals surface area contributed by atoms with E-state index in [4.69, 9.17) is 4.98 Å². The number of nitrogens with zero attached hydrogens (tertiary/aromatic N) is 3. The summed E-state index contributed by atoms with van der Waals surface area (Å²) in [6.45, 7) is 6.38. The van der Waals surface area contributed by atoms with Crippen molar-refractivity contribution in [3.8, 4) is 9.88 Å². The molecule has 0 amide bonds. The molecule has 1 aliphatic rings. The van der Waals surface area contributed by atoms with Crippen molar-refractivity contribution >= 4 is 27.8 Å². The maximum atomic E-state index is 4.77. The topological polar surface area (TPSA) is 50.7 Å². The van der Waals surface area contributed by atoms with Crippen LogP contribution in [0.15, 0.2) is 0 Å². The van der Waals surface area contributed by atoms with E-state index in [1.165, 1.54) is 28.4 Å². The molecular formula is C13H18N4S2. The SMILES string of the molecule is CCc1nc(C2CC2)c(-c2nnc(NC(C)C)s2)s1. The summed E-state index contributed by atoms with van der Waals surface area (Å²) in [5.74, 6) is 0.664. The van der Waals surface area contributed by atoms with Crippen LogP contribution in [0.5, 0.6) is 0 Å². The van der Waals surface area contributed by atoms with E-state index in [-0.39, 0.29) is 0 Å². The van der Waals surface area contributed by atoms with Crippen LogP contribution >= 0.6 is 22.7 Å². The van der Waals surface area contributed by atoms with E-state index in [1.54, 1.807) is 22.7 Å². The predicted octanol–water partition coefficient (Wildman–Crippen LogP) is 3.92. The molecular weight excluding hydrogens is 276 g/mol. The molecule has 1 saturated carbocycles. The van der Waals surface area contributed by atoms with Crippen molar-refractivity contribution in [1.29, 1.82) is 0 Å². The molecule has 0 aromatic carbocycles. The van der Waals surface area contributed by atoms with Gasteiger partial charge in [0.15, 0.2) is 5.01 Å². The molecule has 0 radical (unpaired) electrons.